The van der Waals surface area contributed by atoms with Crippen LogP contribution in [0, 0.1) is 27.7 Å². The lowest BCUT2D eigenvalue weighted by Gasteiger charge is -2.20. The van der Waals surface area contributed by atoms with Crippen molar-refractivity contribution in [1.82, 2.24) is 0 Å². The smallest absolute Gasteiger partial charge is 0.0130 e. The molecular weight excluding hydrogens is 528 g/mol. The van der Waals surface area contributed by atoms with E-state index in [0.29, 0.717) is 11.8 Å². The maximum atomic E-state index is 2.31. The summed E-state index contributed by atoms with van der Waals surface area (Å²) in [5.41, 5.74) is 15.9. The van der Waals surface area contributed by atoms with E-state index in [1.54, 1.807) is 0 Å². The van der Waals surface area contributed by atoms with Gasteiger partial charge in [0, 0.05) is 11.8 Å². The van der Waals surface area contributed by atoms with Crippen LogP contribution in [0.1, 0.15) is 67.5 Å². The molecule has 6 aromatic rings. The molecule has 0 heteroatoms. The summed E-state index contributed by atoms with van der Waals surface area (Å²) in [5, 5.41) is 0. The maximum absolute atomic E-state index is 2.31. The highest BCUT2D eigenvalue weighted by Crippen LogP contribution is 2.32. The van der Waals surface area contributed by atoms with Crippen molar-refractivity contribution in [3.05, 3.63) is 201 Å². The molecule has 0 aliphatic heterocycles. The third-order valence-corrected chi connectivity index (χ3v) is 9.04. The summed E-state index contributed by atoms with van der Waals surface area (Å²) in [6, 6.07) is 54.5. The van der Waals surface area contributed by atoms with E-state index < -0.39 is 0 Å². The normalized spacial score (nSPS) is 11.3. The van der Waals surface area contributed by atoms with Crippen molar-refractivity contribution in [1.29, 1.82) is 0 Å². The molecule has 0 fully saturated rings. The third-order valence-electron chi connectivity index (χ3n) is 9.04. The predicted octanol–water partition coefficient (Wildman–Crippen LogP) is 11.3. The molecule has 0 amide bonds. The molecule has 0 aliphatic rings. The second kappa shape index (κ2) is 13.3. The first kappa shape index (κ1) is 29.4. The number of rotatable bonds is 9. The van der Waals surface area contributed by atoms with Gasteiger partial charge in [-0.25, -0.2) is 0 Å². The van der Waals surface area contributed by atoms with E-state index in [0.717, 1.165) is 12.8 Å². The van der Waals surface area contributed by atoms with Crippen LogP contribution in [-0.2, 0) is 12.8 Å². The van der Waals surface area contributed by atoms with Crippen LogP contribution in [0.25, 0.3) is 11.1 Å². The summed E-state index contributed by atoms with van der Waals surface area (Å²) in [6.07, 6.45) is 1.95. The van der Waals surface area contributed by atoms with Crippen LogP contribution in [0.4, 0.5) is 0 Å². The van der Waals surface area contributed by atoms with E-state index in [-0.39, 0.29) is 0 Å². The Labute approximate surface area is 264 Å². The highest BCUT2D eigenvalue weighted by Gasteiger charge is 2.17. The number of hydrogen-bond donors (Lipinski definition) is 0. The Morgan fingerprint density at radius 3 is 0.750 bits per heavy atom. The van der Waals surface area contributed by atoms with Gasteiger partial charge in [0.1, 0.15) is 0 Å². The van der Waals surface area contributed by atoms with Crippen LogP contribution in [0.15, 0.2) is 146 Å². The fraction of sp³-hybridized carbons (Fsp3) is 0.182. The summed E-state index contributed by atoms with van der Waals surface area (Å²) in [4.78, 5) is 0. The van der Waals surface area contributed by atoms with E-state index in [4.69, 9.17) is 0 Å². The lowest BCUT2D eigenvalue weighted by Crippen LogP contribution is -2.05. The monoisotopic (exact) mass is 570 g/mol. The van der Waals surface area contributed by atoms with Gasteiger partial charge in [-0.1, -0.05) is 168 Å². The molecule has 0 bridgehead atoms. The second-order valence-electron chi connectivity index (χ2n) is 12.6. The molecule has 0 saturated carbocycles. The van der Waals surface area contributed by atoms with Gasteiger partial charge in [-0.3, -0.25) is 0 Å². The van der Waals surface area contributed by atoms with Crippen molar-refractivity contribution in [2.75, 3.05) is 0 Å². The van der Waals surface area contributed by atoms with Crippen molar-refractivity contribution < 1.29 is 0 Å². The molecule has 6 aromatic carbocycles. The lowest BCUT2D eigenvalue weighted by atomic mass is 9.84. The molecular formula is C44H42. The molecule has 0 atom stereocenters. The Balaban J connectivity index is 1.20. The highest BCUT2D eigenvalue weighted by atomic mass is 14.2. The van der Waals surface area contributed by atoms with Crippen LogP contribution in [-0.4, -0.2) is 0 Å². The molecule has 0 aromatic heterocycles. The number of benzene rings is 6. The topological polar surface area (TPSA) is 0 Å². The summed E-state index contributed by atoms with van der Waals surface area (Å²) in [6.45, 7) is 8.62. The van der Waals surface area contributed by atoms with Gasteiger partial charge in [0.15, 0.2) is 0 Å². The van der Waals surface area contributed by atoms with Gasteiger partial charge >= 0.3 is 0 Å². The van der Waals surface area contributed by atoms with Crippen molar-refractivity contribution in [3.63, 3.8) is 0 Å². The fourth-order valence-electron chi connectivity index (χ4n) is 6.19. The summed E-state index contributed by atoms with van der Waals surface area (Å²) in [7, 11) is 0. The van der Waals surface area contributed by atoms with Gasteiger partial charge in [-0.2, -0.15) is 0 Å². The fourth-order valence-corrected chi connectivity index (χ4v) is 6.19. The zero-order chi connectivity index (χ0) is 30.5. The highest BCUT2D eigenvalue weighted by molar-refractivity contribution is 5.64. The standard InChI is InChI=1S/C44H42/c1-31-5-17-39(18-6-31)43(40-19-7-32(2)8-20-40)29-35-13-25-37(26-14-35)38-27-15-36(16-28-38)30-44(41-21-9-33(3)10-22-41)42-23-11-34(4)12-24-42/h5-28,43-44H,29-30H2,1-4H3. The molecule has 0 saturated heterocycles. The molecule has 6 rings (SSSR count). The van der Waals surface area contributed by atoms with Gasteiger partial charge in [0.05, 0.1) is 0 Å². The second-order valence-corrected chi connectivity index (χ2v) is 12.6. The molecule has 218 valence electrons. The van der Waals surface area contributed by atoms with E-state index in [1.807, 2.05) is 0 Å². The summed E-state index contributed by atoms with van der Waals surface area (Å²) in [5.74, 6) is 0.660. The van der Waals surface area contributed by atoms with Crippen molar-refractivity contribution in [2.45, 2.75) is 52.4 Å². The molecule has 0 aliphatic carbocycles. The van der Waals surface area contributed by atoms with Crippen LogP contribution < -0.4 is 0 Å². The molecule has 0 radical (unpaired) electrons. The zero-order valence-corrected chi connectivity index (χ0v) is 26.4. The molecule has 0 N–H and O–H groups in total. The van der Waals surface area contributed by atoms with Crippen LogP contribution in [0.5, 0.6) is 0 Å². The van der Waals surface area contributed by atoms with Crippen LogP contribution in [0.2, 0.25) is 0 Å². The SMILES string of the molecule is Cc1ccc(C(Cc2ccc(-c3ccc(CC(c4ccc(C)cc4)c4ccc(C)cc4)cc3)cc2)c2ccc(C)cc2)cc1. The minimum Gasteiger partial charge on any atom is -0.0590 e. The molecule has 0 nitrogen and oxygen atoms in total. The van der Waals surface area contributed by atoms with Crippen molar-refractivity contribution in [3.8, 4) is 11.1 Å². The first-order valence-corrected chi connectivity index (χ1v) is 15.9. The third kappa shape index (κ3) is 7.09. The average Bonchev–Trinajstić information content (AvgIpc) is 3.05. The molecule has 44 heavy (non-hydrogen) atoms. The van der Waals surface area contributed by atoms with E-state index >= 15 is 0 Å². The van der Waals surface area contributed by atoms with E-state index in [2.05, 4.69) is 173 Å². The average molecular weight is 571 g/mol. The largest absolute Gasteiger partial charge is 0.0590 e. The molecule has 0 spiro atoms. The maximum Gasteiger partial charge on any atom is 0.0130 e. The number of hydrogen-bond acceptors (Lipinski definition) is 0. The van der Waals surface area contributed by atoms with Crippen molar-refractivity contribution >= 4 is 0 Å². The summed E-state index contributed by atoms with van der Waals surface area (Å²) < 4.78 is 0. The molecule has 0 unspecified atom stereocenters. The molecule has 0 heterocycles. The quantitative estimate of drug-likeness (QED) is 0.162. The van der Waals surface area contributed by atoms with Gasteiger partial charge in [0.2, 0.25) is 0 Å². The minimum atomic E-state index is 0.330. The predicted molar refractivity (Wildman–Crippen MR) is 188 cm³/mol. The van der Waals surface area contributed by atoms with Crippen molar-refractivity contribution in [2.24, 2.45) is 0 Å². The Hall–Kier alpha value is -4.68. The van der Waals surface area contributed by atoms with Gasteiger partial charge < -0.3 is 0 Å². The van der Waals surface area contributed by atoms with E-state index in [9.17, 15) is 0 Å². The Kier molecular flexibility index (Phi) is 8.89. The van der Waals surface area contributed by atoms with E-state index in [1.165, 1.54) is 66.8 Å². The first-order valence-electron chi connectivity index (χ1n) is 15.9. The summed E-state index contributed by atoms with van der Waals surface area (Å²) >= 11 is 0. The Morgan fingerprint density at radius 1 is 0.295 bits per heavy atom. The lowest BCUT2D eigenvalue weighted by molar-refractivity contribution is 0.804. The van der Waals surface area contributed by atoms with Crippen LogP contribution >= 0.6 is 0 Å². The van der Waals surface area contributed by atoms with Gasteiger partial charge in [-0.15, -0.1) is 0 Å². The Morgan fingerprint density at radius 2 is 0.523 bits per heavy atom. The van der Waals surface area contributed by atoms with Gasteiger partial charge in [0.25, 0.3) is 0 Å². The number of aryl methyl sites for hydroxylation is 4. The van der Waals surface area contributed by atoms with Crippen LogP contribution in [0.3, 0.4) is 0 Å². The Bertz CT molecular complexity index is 1540. The first-order chi connectivity index (χ1) is 21.4. The zero-order valence-electron chi connectivity index (χ0n) is 26.4. The minimum absolute atomic E-state index is 0.330. The van der Waals surface area contributed by atoms with Gasteiger partial charge in [-0.05, 0) is 85.0 Å².